The van der Waals surface area contributed by atoms with Crippen molar-refractivity contribution in [2.45, 2.75) is 66.3 Å². The highest BCUT2D eigenvalue weighted by Gasteiger charge is 2.25. The molecule has 0 aliphatic carbocycles. The van der Waals surface area contributed by atoms with Gasteiger partial charge in [0.25, 0.3) is 0 Å². The lowest BCUT2D eigenvalue weighted by Crippen LogP contribution is -2.43. The second-order valence-corrected chi connectivity index (χ2v) is 7.23. The molecule has 0 aliphatic rings. The Labute approximate surface area is 193 Å². The number of aliphatic hydroxyl groups excluding tert-OH is 1. The second-order valence-electron chi connectivity index (χ2n) is 7.23. The van der Waals surface area contributed by atoms with E-state index in [2.05, 4.69) is 29.8 Å². The van der Waals surface area contributed by atoms with Crippen molar-refractivity contribution in [3.63, 3.8) is 0 Å². The van der Waals surface area contributed by atoms with Crippen molar-refractivity contribution in [1.29, 1.82) is 0 Å². The summed E-state index contributed by atoms with van der Waals surface area (Å²) in [6, 6.07) is 7.81. The van der Waals surface area contributed by atoms with Gasteiger partial charge in [0, 0.05) is 31.8 Å². The molecule has 0 spiro atoms. The van der Waals surface area contributed by atoms with E-state index in [1.165, 1.54) is 0 Å². The first-order chi connectivity index (χ1) is 13.5. The van der Waals surface area contributed by atoms with Gasteiger partial charge in [0.15, 0.2) is 5.96 Å². The van der Waals surface area contributed by atoms with Crippen LogP contribution in [-0.2, 0) is 11.3 Å². The van der Waals surface area contributed by atoms with Crippen LogP contribution in [0.5, 0.6) is 0 Å². The summed E-state index contributed by atoms with van der Waals surface area (Å²) in [4.78, 5) is 16.5. The summed E-state index contributed by atoms with van der Waals surface area (Å²) in [5.74, 6) is 0.810. The largest absolute Gasteiger partial charge is 0.396 e. The molecule has 7 heteroatoms. The first-order valence-electron chi connectivity index (χ1n) is 10.5. The van der Waals surface area contributed by atoms with Crippen molar-refractivity contribution in [3.05, 3.63) is 29.8 Å². The molecule has 0 heterocycles. The molecule has 0 radical (unpaired) electrons. The van der Waals surface area contributed by atoms with E-state index in [4.69, 9.17) is 4.99 Å². The SMILES string of the molecule is CCCC(=O)Nc1cccc(CN=C(NCC)NCC(CC)(CC)CCO)c1.I. The topological polar surface area (TPSA) is 85.8 Å². The summed E-state index contributed by atoms with van der Waals surface area (Å²) in [6.07, 6.45) is 4.17. The third-order valence-corrected chi connectivity index (χ3v) is 5.22. The number of benzene rings is 1. The Bertz CT molecular complexity index is 619. The number of amides is 1. The molecule has 1 aromatic rings. The maximum absolute atomic E-state index is 11.8. The number of aliphatic hydroxyl groups is 1. The van der Waals surface area contributed by atoms with Crippen LogP contribution in [0.3, 0.4) is 0 Å². The summed E-state index contributed by atoms with van der Waals surface area (Å²) in [7, 11) is 0. The fourth-order valence-corrected chi connectivity index (χ4v) is 3.16. The normalized spacial score (nSPS) is 11.6. The van der Waals surface area contributed by atoms with E-state index in [1.54, 1.807) is 0 Å². The molecule has 0 atom stereocenters. The van der Waals surface area contributed by atoms with E-state index in [9.17, 15) is 9.90 Å². The number of aliphatic imine (C=N–C) groups is 1. The number of hydrogen-bond donors (Lipinski definition) is 4. The molecule has 1 aromatic carbocycles. The summed E-state index contributed by atoms with van der Waals surface area (Å²) in [5.41, 5.74) is 1.93. The molecule has 0 bridgehead atoms. The van der Waals surface area contributed by atoms with Crippen molar-refractivity contribution in [1.82, 2.24) is 10.6 Å². The molecule has 0 saturated carbocycles. The van der Waals surface area contributed by atoms with Crippen LogP contribution in [0.15, 0.2) is 29.3 Å². The number of rotatable bonds is 12. The molecule has 6 nitrogen and oxygen atoms in total. The lowest BCUT2D eigenvalue weighted by Gasteiger charge is -2.32. The molecular weight excluding hydrogens is 479 g/mol. The highest BCUT2D eigenvalue weighted by atomic mass is 127. The Morgan fingerprint density at radius 2 is 1.86 bits per heavy atom. The summed E-state index contributed by atoms with van der Waals surface area (Å²) in [6.45, 7) is 10.7. The van der Waals surface area contributed by atoms with Crippen molar-refractivity contribution in [2.24, 2.45) is 10.4 Å². The first kappa shape index (κ1) is 27.6. The number of carbonyl (C=O) groups excluding carboxylic acids is 1. The van der Waals surface area contributed by atoms with Gasteiger partial charge in [-0.3, -0.25) is 4.79 Å². The number of halogens is 1. The van der Waals surface area contributed by atoms with Crippen molar-refractivity contribution < 1.29 is 9.90 Å². The standard InChI is InChI=1S/C22H38N4O2.HI/c1-5-10-20(28)26-19-12-9-11-18(15-19)16-24-21(23-8-4)25-17-22(6-2,7-3)13-14-27;/h9,11-12,15,27H,5-8,10,13-14,16-17H2,1-4H3,(H,26,28)(H2,23,24,25);1H. The van der Waals surface area contributed by atoms with Gasteiger partial charge in [0.2, 0.25) is 5.91 Å². The fourth-order valence-electron chi connectivity index (χ4n) is 3.16. The van der Waals surface area contributed by atoms with Gasteiger partial charge in [-0.25, -0.2) is 4.99 Å². The van der Waals surface area contributed by atoms with E-state index >= 15 is 0 Å². The van der Waals surface area contributed by atoms with Gasteiger partial charge in [-0.1, -0.05) is 32.9 Å². The number of anilines is 1. The zero-order valence-corrected chi connectivity index (χ0v) is 20.7. The molecular formula is C22H39IN4O2. The minimum Gasteiger partial charge on any atom is -0.396 e. The lowest BCUT2D eigenvalue weighted by atomic mass is 9.79. The molecule has 0 aromatic heterocycles. The smallest absolute Gasteiger partial charge is 0.224 e. The second kappa shape index (κ2) is 15.5. The Morgan fingerprint density at radius 3 is 2.45 bits per heavy atom. The van der Waals surface area contributed by atoms with Crippen LogP contribution < -0.4 is 16.0 Å². The number of hydrogen-bond acceptors (Lipinski definition) is 3. The Kier molecular flexibility index (Phi) is 14.8. The molecule has 4 N–H and O–H groups in total. The number of nitrogens with zero attached hydrogens (tertiary/aromatic N) is 1. The van der Waals surface area contributed by atoms with E-state index in [0.29, 0.717) is 13.0 Å². The van der Waals surface area contributed by atoms with Crippen molar-refractivity contribution in [2.75, 3.05) is 25.0 Å². The minimum absolute atomic E-state index is 0. The van der Waals surface area contributed by atoms with Crippen LogP contribution >= 0.6 is 24.0 Å². The Balaban J connectivity index is 0.00000784. The van der Waals surface area contributed by atoms with E-state index < -0.39 is 0 Å². The molecule has 0 unspecified atom stereocenters. The lowest BCUT2D eigenvalue weighted by molar-refractivity contribution is -0.116. The van der Waals surface area contributed by atoms with E-state index in [1.807, 2.05) is 38.1 Å². The van der Waals surface area contributed by atoms with Crippen LogP contribution in [-0.4, -0.2) is 36.7 Å². The predicted octanol–water partition coefficient (Wildman–Crippen LogP) is 4.29. The molecule has 1 amide bonds. The van der Waals surface area contributed by atoms with Crippen molar-refractivity contribution >= 4 is 41.5 Å². The van der Waals surface area contributed by atoms with Gasteiger partial charge >= 0.3 is 0 Å². The monoisotopic (exact) mass is 518 g/mol. The summed E-state index contributed by atoms with van der Waals surface area (Å²) >= 11 is 0. The van der Waals surface area contributed by atoms with Gasteiger partial charge in [-0.05, 0) is 55.7 Å². The van der Waals surface area contributed by atoms with Gasteiger partial charge < -0.3 is 21.1 Å². The third kappa shape index (κ3) is 10.3. The van der Waals surface area contributed by atoms with Gasteiger partial charge in [-0.2, -0.15) is 0 Å². The number of guanidine groups is 1. The van der Waals surface area contributed by atoms with Gasteiger partial charge in [0.1, 0.15) is 0 Å². The van der Waals surface area contributed by atoms with Crippen LogP contribution in [0, 0.1) is 5.41 Å². The van der Waals surface area contributed by atoms with Crippen molar-refractivity contribution in [3.8, 4) is 0 Å². The molecule has 0 saturated heterocycles. The predicted molar refractivity (Wildman–Crippen MR) is 133 cm³/mol. The van der Waals surface area contributed by atoms with E-state index in [-0.39, 0.29) is 41.9 Å². The number of carbonyl (C=O) groups is 1. The van der Waals surface area contributed by atoms with Crippen LogP contribution in [0.2, 0.25) is 0 Å². The quantitative estimate of drug-likeness (QED) is 0.189. The number of nitrogens with one attached hydrogen (secondary N) is 3. The molecule has 0 fully saturated rings. The summed E-state index contributed by atoms with van der Waals surface area (Å²) in [5, 5.41) is 19.1. The summed E-state index contributed by atoms with van der Waals surface area (Å²) < 4.78 is 0. The zero-order chi connectivity index (χ0) is 20.8. The van der Waals surface area contributed by atoms with Gasteiger partial charge in [0.05, 0.1) is 6.54 Å². The maximum atomic E-state index is 11.8. The highest BCUT2D eigenvalue weighted by molar-refractivity contribution is 14.0. The molecule has 0 aliphatic heterocycles. The Hall–Kier alpha value is -1.35. The Morgan fingerprint density at radius 1 is 1.14 bits per heavy atom. The van der Waals surface area contributed by atoms with E-state index in [0.717, 1.165) is 56.0 Å². The minimum atomic E-state index is 0. The average Bonchev–Trinajstić information content (AvgIpc) is 2.69. The first-order valence-corrected chi connectivity index (χ1v) is 10.5. The van der Waals surface area contributed by atoms with Gasteiger partial charge in [-0.15, -0.1) is 24.0 Å². The molecule has 1 rings (SSSR count). The van der Waals surface area contributed by atoms with Crippen LogP contribution in [0.4, 0.5) is 5.69 Å². The fraction of sp³-hybridized carbons (Fsp3) is 0.636. The maximum Gasteiger partial charge on any atom is 0.224 e. The molecule has 29 heavy (non-hydrogen) atoms. The zero-order valence-electron chi connectivity index (χ0n) is 18.4. The van der Waals surface area contributed by atoms with Crippen LogP contribution in [0.1, 0.15) is 65.4 Å². The molecule has 166 valence electrons. The average molecular weight is 518 g/mol. The third-order valence-electron chi connectivity index (χ3n) is 5.22. The van der Waals surface area contributed by atoms with Crippen LogP contribution in [0.25, 0.3) is 0 Å². The highest BCUT2D eigenvalue weighted by Crippen LogP contribution is 2.29.